The Bertz CT molecular complexity index is 2390. The van der Waals surface area contributed by atoms with Crippen molar-refractivity contribution in [1.82, 2.24) is 49.0 Å². The SMILES string of the molecule is c1ccc(Oc2ncnc3c2ncn3-c2ccc(-c3ccc(-c4ccc(-n5cnc6c(Oc7ccccc7)ncnc65)nc4)cc3)cn2)cc1. The number of pyridine rings is 2. The number of hydrogen-bond donors (Lipinski definition) is 0. The lowest BCUT2D eigenvalue weighted by Crippen LogP contribution is -1.98. The van der Waals surface area contributed by atoms with Gasteiger partial charge in [0, 0.05) is 23.5 Å². The van der Waals surface area contributed by atoms with Gasteiger partial charge in [-0.15, -0.1) is 0 Å². The van der Waals surface area contributed by atoms with Crippen molar-refractivity contribution in [3.05, 3.63) is 147 Å². The third kappa shape index (κ3) is 5.42. The summed E-state index contributed by atoms with van der Waals surface area (Å²) in [7, 11) is 0. The molecule has 0 bridgehead atoms. The van der Waals surface area contributed by atoms with Crippen molar-refractivity contribution in [2.24, 2.45) is 0 Å². The Morgan fingerprint density at radius 2 is 0.800 bits per heavy atom. The van der Waals surface area contributed by atoms with Gasteiger partial charge in [0.1, 0.15) is 48.4 Å². The monoisotopic (exact) mass is 652 g/mol. The summed E-state index contributed by atoms with van der Waals surface area (Å²) in [6.45, 7) is 0. The minimum absolute atomic E-state index is 0.384. The molecule has 0 N–H and O–H groups in total. The van der Waals surface area contributed by atoms with E-state index in [1.54, 1.807) is 12.7 Å². The molecule has 0 aliphatic carbocycles. The van der Waals surface area contributed by atoms with Gasteiger partial charge in [-0.1, -0.05) is 60.7 Å². The third-order valence-electron chi connectivity index (χ3n) is 8.06. The molecule has 50 heavy (non-hydrogen) atoms. The largest absolute Gasteiger partial charge is 0.437 e. The van der Waals surface area contributed by atoms with Crippen LogP contribution in [0.1, 0.15) is 0 Å². The van der Waals surface area contributed by atoms with Crippen LogP contribution < -0.4 is 9.47 Å². The number of fused-ring (bicyclic) bond motifs is 2. The van der Waals surface area contributed by atoms with Crippen LogP contribution in [-0.4, -0.2) is 49.0 Å². The first-order chi connectivity index (χ1) is 24.8. The van der Waals surface area contributed by atoms with Crippen LogP contribution in [0.2, 0.25) is 0 Å². The maximum absolute atomic E-state index is 5.95. The van der Waals surface area contributed by atoms with E-state index in [0.717, 1.165) is 22.3 Å². The first-order valence-corrected chi connectivity index (χ1v) is 15.6. The van der Waals surface area contributed by atoms with Crippen LogP contribution in [0.15, 0.2) is 147 Å². The van der Waals surface area contributed by atoms with Gasteiger partial charge in [0.25, 0.3) is 11.8 Å². The number of aromatic nitrogens is 10. The summed E-state index contributed by atoms with van der Waals surface area (Å²) < 4.78 is 15.5. The van der Waals surface area contributed by atoms with Crippen LogP contribution in [0.3, 0.4) is 0 Å². The Labute approximate surface area is 284 Å². The van der Waals surface area contributed by atoms with E-state index in [9.17, 15) is 0 Å². The van der Waals surface area contributed by atoms with Crippen LogP contribution in [0, 0.1) is 0 Å². The fourth-order valence-corrected chi connectivity index (χ4v) is 5.57. The molecule has 0 radical (unpaired) electrons. The number of nitrogens with zero attached hydrogens (tertiary/aromatic N) is 10. The standard InChI is InChI=1S/C38H24N10O2/c1-3-7-29(8-4-1)49-37-33-35(41-21-43-37)47(23-45-33)31-17-15-27(19-39-31)25-11-13-26(14-12-25)28-16-18-32(40-20-28)48-24-46-34-36(48)42-22-44-38(34)50-30-9-5-2-6-10-30/h1-24H. The predicted octanol–water partition coefficient (Wildman–Crippen LogP) is 7.65. The van der Waals surface area contributed by atoms with E-state index in [-0.39, 0.29) is 0 Å². The Morgan fingerprint density at radius 3 is 1.20 bits per heavy atom. The van der Waals surface area contributed by atoms with Crippen molar-refractivity contribution in [2.75, 3.05) is 0 Å². The van der Waals surface area contributed by atoms with Crippen molar-refractivity contribution in [3.63, 3.8) is 0 Å². The van der Waals surface area contributed by atoms with Crippen molar-refractivity contribution in [3.8, 4) is 57.1 Å². The molecule has 9 aromatic rings. The second-order valence-electron chi connectivity index (χ2n) is 11.1. The van der Waals surface area contributed by atoms with Crippen LogP contribution in [0.4, 0.5) is 0 Å². The van der Waals surface area contributed by atoms with Gasteiger partial charge in [0.05, 0.1) is 0 Å². The first-order valence-electron chi connectivity index (χ1n) is 15.6. The molecule has 0 saturated heterocycles. The summed E-state index contributed by atoms with van der Waals surface area (Å²) in [5.74, 6) is 3.48. The molecule has 0 aliphatic rings. The topological polar surface area (TPSA) is 131 Å². The molecule has 238 valence electrons. The van der Waals surface area contributed by atoms with E-state index in [2.05, 4.69) is 54.2 Å². The van der Waals surface area contributed by atoms with E-state index in [1.807, 2.05) is 106 Å². The zero-order chi connectivity index (χ0) is 33.3. The van der Waals surface area contributed by atoms with Gasteiger partial charge in [0.2, 0.25) is 0 Å². The van der Waals surface area contributed by atoms with E-state index < -0.39 is 0 Å². The lowest BCUT2D eigenvalue weighted by Gasteiger charge is -2.08. The highest BCUT2D eigenvalue weighted by atomic mass is 16.5. The Balaban J connectivity index is 0.916. The van der Waals surface area contributed by atoms with Crippen LogP contribution >= 0.6 is 0 Å². The number of ether oxygens (including phenoxy) is 2. The van der Waals surface area contributed by atoms with E-state index in [1.165, 1.54) is 12.7 Å². The Kier molecular flexibility index (Phi) is 7.13. The van der Waals surface area contributed by atoms with Gasteiger partial charge in [-0.3, -0.25) is 9.13 Å². The average molecular weight is 653 g/mol. The Morgan fingerprint density at radius 1 is 0.380 bits per heavy atom. The second-order valence-corrected chi connectivity index (χ2v) is 11.1. The van der Waals surface area contributed by atoms with Crippen LogP contribution in [0.5, 0.6) is 23.3 Å². The van der Waals surface area contributed by atoms with Crippen molar-refractivity contribution in [1.29, 1.82) is 0 Å². The molecule has 0 spiro atoms. The zero-order valence-corrected chi connectivity index (χ0v) is 26.1. The van der Waals surface area contributed by atoms with Gasteiger partial charge in [0.15, 0.2) is 22.3 Å². The van der Waals surface area contributed by atoms with Crippen LogP contribution in [-0.2, 0) is 0 Å². The lowest BCUT2D eigenvalue weighted by atomic mass is 10.0. The summed E-state index contributed by atoms with van der Waals surface area (Å²) >= 11 is 0. The molecule has 0 fully saturated rings. The van der Waals surface area contributed by atoms with Gasteiger partial charge >= 0.3 is 0 Å². The highest BCUT2D eigenvalue weighted by molar-refractivity contribution is 5.79. The quantitative estimate of drug-likeness (QED) is 0.161. The molecule has 3 aromatic carbocycles. The fraction of sp³-hybridized carbons (Fsp3) is 0. The normalized spacial score (nSPS) is 11.2. The number of rotatable bonds is 8. The molecule has 0 amide bonds. The maximum Gasteiger partial charge on any atom is 0.250 e. The summed E-state index contributed by atoms with van der Waals surface area (Å²) in [5, 5.41) is 0. The summed E-state index contributed by atoms with van der Waals surface area (Å²) in [4.78, 5) is 35.9. The van der Waals surface area contributed by atoms with Gasteiger partial charge in [-0.2, -0.15) is 9.97 Å². The minimum Gasteiger partial charge on any atom is -0.437 e. The number of para-hydroxylation sites is 2. The molecule has 9 rings (SSSR count). The smallest absolute Gasteiger partial charge is 0.250 e. The zero-order valence-electron chi connectivity index (χ0n) is 26.1. The fourth-order valence-electron chi connectivity index (χ4n) is 5.57. The van der Waals surface area contributed by atoms with E-state index in [0.29, 0.717) is 57.2 Å². The minimum atomic E-state index is 0.384. The van der Waals surface area contributed by atoms with Crippen molar-refractivity contribution >= 4 is 22.3 Å². The van der Waals surface area contributed by atoms with Crippen molar-refractivity contribution in [2.45, 2.75) is 0 Å². The van der Waals surface area contributed by atoms with Gasteiger partial charge < -0.3 is 9.47 Å². The number of imidazole rings is 2. The second kappa shape index (κ2) is 12.4. The lowest BCUT2D eigenvalue weighted by molar-refractivity contribution is 0.467. The van der Waals surface area contributed by atoms with Gasteiger partial charge in [-0.05, 0) is 59.7 Å². The average Bonchev–Trinajstić information content (AvgIpc) is 3.82. The highest BCUT2D eigenvalue weighted by Gasteiger charge is 2.16. The first kappa shape index (κ1) is 28.8. The molecular weight excluding hydrogens is 628 g/mol. The molecule has 6 aromatic heterocycles. The summed E-state index contributed by atoms with van der Waals surface area (Å²) in [6.07, 6.45) is 9.95. The molecule has 0 aliphatic heterocycles. The molecule has 0 unspecified atom stereocenters. The van der Waals surface area contributed by atoms with E-state index in [4.69, 9.17) is 19.4 Å². The van der Waals surface area contributed by atoms with Crippen LogP contribution in [0.25, 0.3) is 56.2 Å². The summed E-state index contributed by atoms with van der Waals surface area (Å²) in [5.41, 5.74) is 6.33. The number of hydrogen-bond acceptors (Lipinski definition) is 10. The molecule has 6 heterocycles. The summed E-state index contributed by atoms with van der Waals surface area (Å²) in [6, 6.07) is 35.1. The molecule has 12 heteroatoms. The maximum atomic E-state index is 5.95. The predicted molar refractivity (Wildman–Crippen MR) is 186 cm³/mol. The molecule has 12 nitrogen and oxygen atoms in total. The highest BCUT2D eigenvalue weighted by Crippen LogP contribution is 2.30. The third-order valence-corrected chi connectivity index (χ3v) is 8.06. The molecule has 0 atom stereocenters. The Hall–Kier alpha value is -7.34. The van der Waals surface area contributed by atoms with E-state index >= 15 is 0 Å². The van der Waals surface area contributed by atoms with Crippen molar-refractivity contribution < 1.29 is 9.47 Å². The number of benzene rings is 3. The van der Waals surface area contributed by atoms with Gasteiger partial charge in [-0.25, -0.2) is 29.9 Å². The molecular formula is C38H24N10O2. The molecule has 0 saturated carbocycles.